The molecular formula is C14H19N3O3S. The molecule has 0 saturated carbocycles. The van der Waals surface area contributed by atoms with Crippen LogP contribution < -0.4 is 10.0 Å². The van der Waals surface area contributed by atoms with Crippen molar-refractivity contribution in [1.82, 2.24) is 4.90 Å². The van der Waals surface area contributed by atoms with Gasteiger partial charge in [0.05, 0.1) is 4.90 Å². The number of nitrogens with zero attached hydrogens (tertiary/aromatic N) is 2. The average Bonchev–Trinajstić information content (AvgIpc) is 2.89. The van der Waals surface area contributed by atoms with E-state index in [-0.39, 0.29) is 10.9 Å². The van der Waals surface area contributed by atoms with E-state index in [4.69, 9.17) is 5.14 Å². The van der Waals surface area contributed by atoms with Crippen LogP contribution in [0.15, 0.2) is 23.1 Å². The van der Waals surface area contributed by atoms with Gasteiger partial charge in [-0.05, 0) is 49.4 Å². The molecule has 2 amide bonds. The molecule has 0 aromatic heterocycles. The van der Waals surface area contributed by atoms with Gasteiger partial charge in [-0.1, -0.05) is 0 Å². The highest BCUT2D eigenvalue weighted by Gasteiger charge is 2.29. The zero-order valence-electron chi connectivity index (χ0n) is 11.8. The van der Waals surface area contributed by atoms with E-state index in [0.717, 1.165) is 37.2 Å². The maximum absolute atomic E-state index is 12.6. The zero-order chi connectivity index (χ0) is 15.0. The Bertz CT molecular complexity index is 666. The molecule has 2 aliphatic heterocycles. The number of benzene rings is 1. The predicted molar refractivity (Wildman–Crippen MR) is 79.7 cm³/mol. The molecule has 0 atom stereocenters. The second kappa shape index (κ2) is 5.31. The van der Waals surface area contributed by atoms with E-state index >= 15 is 0 Å². The van der Waals surface area contributed by atoms with E-state index in [1.54, 1.807) is 17.0 Å². The molecule has 7 heteroatoms. The van der Waals surface area contributed by atoms with Gasteiger partial charge in [-0.3, -0.25) is 4.90 Å². The third-order valence-corrected chi connectivity index (χ3v) is 5.04. The molecular weight excluding hydrogens is 290 g/mol. The number of amides is 2. The van der Waals surface area contributed by atoms with Gasteiger partial charge in [0.15, 0.2) is 0 Å². The first-order valence-electron chi connectivity index (χ1n) is 7.19. The molecule has 1 aromatic rings. The molecule has 21 heavy (non-hydrogen) atoms. The summed E-state index contributed by atoms with van der Waals surface area (Å²) in [6.07, 6.45) is 3.95. The summed E-state index contributed by atoms with van der Waals surface area (Å²) in [5.74, 6) is 0. The lowest BCUT2D eigenvalue weighted by Crippen LogP contribution is -2.44. The van der Waals surface area contributed by atoms with Gasteiger partial charge in [0.2, 0.25) is 10.0 Å². The summed E-state index contributed by atoms with van der Waals surface area (Å²) < 4.78 is 22.8. The van der Waals surface area contributed by atoms with E-state index in [1.807, 2.05) is 4.90 Å². The van der Waals surface area contributed by atoms with Gasteiger partial charge in [-0.15, -0.1) is 0 Å². The van der Waals surface area contributed by atoms with Crippen LogP contribution in [0.3, 0.4) is 0 Å². The fraction of sp³-hybridized carbons (Fsp3) is 0.500. The number of sulfonamides is 1. The van der Waals surface area contributed by atoms with Crippen LogP contribution in [0.2, 0.25) is 0 Å². The van der Waals surface area contributed by atoms with Crippen LogP contribution in [-0.2, 0) is 16.4 Å². The van der Waals surface area contributed by atoms with Crippen molar-refractivity contribution in [1.29, 1.82) is 0 Å². The number of fused-ring (bicyclic) bond motifs is 1. The van der Waals surface area contributed by atoms with Crippen molar-refractivity contribution in [3.05, 3.63) is 23.8 Å². The summed E-state index contributed by atoms with van der Waals surface area (Å²) in [5.41, 5.74) is 1.67. The van der Waals surface area contributed by atoms with Gasteiger partial charge in [0.1, 0.15) is 0 Å². The van der Waals surface area contributed by atoms with Crippen LogP contribution >= 0.6 is 0 Å². The zero-order valence-corrected chi connectivity index (χ0v) is 12.6. The average molecular weight is 309 g/mol. The van der Waals surface area contributed by atoms with Gasteiger partial charge >= 0.3 is 6.03 Å². The Labute approximate surface area is 124 Å². The van der Waals surface area contributed by atoms with Gasteiger partial charge < -0.3 is 4.90 Å². The van der Waals surface area contributed by atoms with Crippen molar-refractivity contribution in [2.45, 2.75) is 30.6 Å². The largest absolute Gasteiger partial charge is 0.324 e. The van der Waals surface area contributed by atoms with Crippen LogP contribution in [0.1, 0.15) is 24.8 Å². The van der Waals surface area contributed by atoms with E-state index in [2.05, 4.69) is 0 Å². The molecule has 1 saturated heterocycles. The van der Waals surface area contributed by atoms with E-state index in [1.165, 1.54) is 12.5 Å². The number of carbonyl (C=O) groups excluding carboxylic acids is 1. The first-order valence-corrected chi connectivity index (χ1v) is 8.73. The summed E-state index contributed by atoms with van der Waals surface area (Å²) in [6.45, 7) is 2.21. The highest BCUT2D eigenvalue weighted by atomic mass is 32.2. The molecule has 2 heterocycles. The number of carbonyl (C=O) groups is 1. The van der Waals surface area contributed by atoms with Gasteiger partial charge in [-0.25, -0.2) is 18.4 Å². The summed E-state index contributed by atoms with van der Waals surface area (Å²) in [6, 6.07) is 4.76. The normalized spacial score (nSPS) is 18.7. The quantitative estimate of drug-likeness (QED) is 0.848. The van der Waals surface area contributed by atoms with Crippen molar-refractivity contribution in [2.24, 2.45) is 5.14 Å². The topological polar surface area (TPSA) is 83.7 Å². The van der Waals surface area contributed by atoms with Crippen molar-refractivity contribution < 1.29 is 13.2 Å². The van der Waals surface area contributed by atoms with E-state index in [9.17, 15) is 13.2 Å². The van der Waals surface area contributed by atoms with E-state index < -0.39 is 10.0 Å². The maximum Gasteiger partial charge on any atom is 0.324 e. The monoisotopic (exact) mass is 309 g/mol. The minimum atomic E-state index is -3.70. The van der Waals surface area contributed by atoms with Gasteiger partial charge in [-0.2, -0.15) is 0 Å². The highest BCUT2D eigenvalue weighted by molar-refractivity contribution is 7.89. The third-order valence-electron chi connectivity index (χ3n) is 4.13. The molecule has 0 bridgehead atoms. The van der Waals surface area contributed by atoms with Crippen LogP contribution in [-0.4, -0.2) is 39.0 Å². The molecule has 0 unspecified atom stereocenters. The van der Waals surface area contributed by atoms with Crippen LogP contribution in [0.25, 0.3) is 0 Å². The van der Waals surface area contributed by atoms with Crippen molar-refractivity contribution in [3.8, 4) is 0 Å². The number of anilines is 1. The lowest BCUT2D eigenvalue weighted by molar-refractivity contribution is 0.193. The van der Waals surface area contributed by atoms with Crippen molar-refractivity contribution in [2.75, 3.05) is 24.5 Å². The Balaban J connectivity index is 1.85. The maximum atomic E-state index is 12.6. The molecule has 1 aromatic carbocycles. The molecule has 114 valence electrons. The fourth-order valence-electron chi connectivity index (χ4n) is 3.01. The lowest BCUT2D eigenvalue weighted by atomic mass is 10.1. The second-order valence-corrected chi connectivity index (χ2v) is 7.13. The van der Waals surface area contributed by atoms with Crippen molar-refractivity contribution in [3.63, 3.8) is 0 Å². The number of likely N-dealkylation sites (tertiary alicyclic amines) is 1. The minimum absolute atomic E-state index is 0.0248. The Morgan fingerprint density at radius 3 is 2.48 bits per heavy atom. The fourth-order valence-corrected chi connectivity index (χ4v) is 3.57. The molecule has 0 radical (unpaired) electrons. The Kier molecular flexibility index (Phi) is 3.62. The molecule has 6 nitrogen and oxygen atoms in total. The molecule has 0 spiro atoms. The number of piperidine rings is 1. The number of hydrogen-bond acceptors (Lipinski definition) is 3. The standard InChI is InChI=1S/C14H19N3O3S/c15-21(19,20)12-4-5-13-11(10-12)6-9-17(13)14(18)16-7-2-1-3-8-16/h4-5,10H,1-3,6-9H2,(H2,15,19,20). The number of nitrogens with two attached hydrogens (primary N) is 1. The Hall–Kier alpha value is -1.60. The summed E-state index contributed by atoms with van der Waals surface area (Å²) in [5, 5.41) is 5.15. The summed E-state index contributed by atoms with van der Waals surface area (Å²) in [7, 11) is -3.70. The summed E-state index contributed by atoms with van der Waals surface area (Å²) in [4.78, 5) is 16.3. The molecule has 0 aliphatic carbocycles. The highest BCUT2D eigenvalue weighted by Crippen LogP contribution is 2.31. The molecule has 1 fully saturated rings. The molecule has 2 N–H and O–H groups in total. The smallest absolute Gasteiger partial charge is 0.324 e. The van der Waals surface area contributed by atoms with Crippen molar-refractivity contribution >= 4 is 21.7 Å². The number of rotatable bonds is 1. The SMILES string of the molecule is NS(=O)(=O)c1ccc2c(c1)CCN2C(=O)N1CCCCC1. The summed E-state index contributed by atoms with van der Waals surface area (Å²) >= 11 is 0. The Morgan fingerprint density at radius 1 is 1.10 bits per heavy atom. The molecule has 3 rings (SSSR count). The van der Waals surface area contributed by atoms with Crippen LogP contribution in [0.5, 0.6) is 0 Å². The van der Waals surface area contributed by atoms with Gasteiger partial charge in [0.25, 0.3) is 0 Å². The minimum Gasteiger partial charge on any atom is -0.324 e. The lowest BCUT2D eigenvalue weighted by Gasteiger charge is -2.31. The van der Waals surface area contributed by atoms with Crippen LogP contribution in [0.4, 0.5) is 10.5 Å². The first-order chi connectivity index (χ1) is 9.97. The first kappa shape index (κ1) is 14.3. The van der Waals surface area contributed by atoms with E-state index in [0.29, 0.717) is 13.0 Å². The molecule has 2 aliphatic rings. The third kappa shape index (κ3) is 2.75. The number of hydrogen-bond donors (Lipinski definition) is 1. The Morgan fingerprint density at radius 2 is 1.81 bits per heavy atom. The van der Waals surface area contributed by atoms with Crippen LogP contribution in [0, 0.1) is 0 Å². The van der Waals surface area contributed by atoms with Gasteiger partial charge in [0, 0.05) is 25.3 Å². The number of primary sulfonamides is 1. The predicted octanol–water partition coefficient (Wildman–Crippen LogP) is 1.30. The number of urea groups is 1. The second-order valence-electron chi connectivity index (χ2n) is 5.57.